The zero-order valence-electron chi connectivity index (χ0n) is 6.78. The molecule has 0 aromatic carbocycles. The number of halogens is 3. The second kappa shape index (κ2) is 3.22. The van der Waals surface area contributed by atoms with E-state index in [1.165, 1.54) is 0 Å². The van der Waals surface area contributed by atoms with Crippen molar-refractivity contribution in [2.45, 2.75) is 10.5 Å². The maximum Gasteiger partial charge on any atom is 0.505 e. The molecule has 0 fully saturated rings. The summed E-state index contributed by atoms with van der Waals surface area (Å²) in [6.45, 7) is 0. The molecule has 15 heavy (non-hydrogen) atoms. The molecule has 10 heteroatoms. The lowest BCUT2D eigenvalue weighted by molar-refractivity contribution is -0.389. The number of nitrogens with zero attached hydrogens (tertiary/aromatic N) is 1. The Morgan fingerprint density at radius 3 is 2.20 bits per heavy atom. The van der Waals surface area contributed by atoms with Crippen LogP contribution in [0.2, 0.25) is 0 Å². The van der Waals surface area contributed by atoms with Crippen molar-refractivity contribution in [3.63, 3.8) is 0 Å². The smallest absolute Gasteiger partial charge is 0.358 e. The summed E-state index contributed by atoms with van der Waals surface area (Å²) in [6.07, 6.45) is 0. The Morgan fingerprint density at radius 2 is 1.87 bits per heavy atom. The van der Waals surface area contributed by atoms with E-state index in [2.05, 4.69) is 0 Å². The van der Waals surface area contributed by atoms with E-state index in [1.54, 1.807) is 4.98 Å². The van der Waals surface area contributed by atoms with E-state index in [-0.39, 0.29) is 0 Å². The Hall–Kier alpha value is -1.58. The standard InChI is InChI=1S/C5H3F3N2O4S/c6-5(7,8)15(13,14)4-2-1-3(9-4)10(11)12/h1-2,9H. The van der Waals surface area contributed by atoms with Gasteiger partial charge in [0, 0.05) is 12.1 Å². The predicted octanol–water partition coefficient (Wildman–Crippen LogP) is 1.22. The molecule has 0 aliphatic rings. The first-order valence-corrected chi connectivity index (χ1v) is 4.79. The first kappa shape index (κ1) is 11.5. The molecule has 0 unspecified atom stereocenters. The van der Waals surface area contributed by atoms with Crippen LogP contribution in [0.1, 0.15) is 0 Å². The van der Waals surface area contributed by atoms with E-state index in [4.69, 9.17) is 0 Å². The van der Waals surface area contributed by atoms with Crippen molar-refractivity contribution in [3.8, 4) is 0 Å². The van der Waals surface area contributed by atoms with Crippen molar-refractivity contribution in [3.05, 3.63) is 22.2 Å². The third kappa shape index (κ3) is 1.93. The van der Waals surface area contributed by atoms with Crippen molar-refractivity contribution < 1.29 is 26.5 Å². The van der Waals surface area contributed by atoms with Gasteiger partial charge in [-0.2, -0.15) is 13.2 Å². The molecule has 0 radical (unpaired) electrons. The fraction of sp³-hybridized carbons (Fsp3) is 0.200. The third-order valence-corrected chi connectivity index (χ3v) is 2.86. The van der Waals surface area contributed by atoms with E-state index in [0.29, 0.717) is 12.1 Å². The monoisotopic (exact) mass is 244 g/mol. The van der Waals surface area contributed by atoms with Crippen LogP contribution in [0.5, 0.6) is 0 Å². The summed E-state index contributed by atoms with van der Waals surface area (Å²) < 4.78 is 57.3. The highest BCUT2D eigenvalue weighted by Crippen LogP contribution is 2.30. The van der Waals surface area contributed by atoms with Crippen LogP contribution in [0.4, 0.5) is 19.0 Å². The number of hydrogen-bond acceptors (Lipinski definition) is 4. The van der Waals surface area contributed by atoms with Crippen molar-refractivity contribution in [1.82, 2.24) is 4.98 Å². The highest BCUT2D eigenvalue weighted by Gasteiger charge is 2.49. The van der Waals surface area contributed by atoms with Gasteiger partial charge in [-0.25, -0.2) is 13.4 Å². The zero-order valence-corrected chi connectivity index (χ0v) is 7.59. The highest BCUT2D eigenvalue weighted by atomic mass is 32.2. The largest absolute Gasteiger partial charge is 0.505 e. The fourth-order valence-corrected chi connectivity index (χ4v) is 1.49. The van der Waals surface area contributed by atoms with Gasteiger partial charge in [0.25, 0.3) is 0 Å². The molecule has 0 spiro atoms. The Labute approximate surface area is 80.8 Å². The normalized spacial score (nSPS) is 12.7. The number of aromatic nitrogens is 1. The fourth-order valence-electron chi connectivity index (χ4n) is 0.752. The lowest BCUT2D eigenvalue weighted by atomic mass is 10.6. The summed E-state index contributed by atoms with van der Waals surface area (Å²) in [5.41, 5.74) is -5.48. The molecule has 0 saturated heterocycles. The predicted molar refractivity (Wildman–Crippen MR) is 40.7 cm³/mol. The van der Waals surface area contributed by atoms with Crippen LogP contribution in [-0.4, -0.2) is 23.8 Å². The zero-order chi connectivity index (χ0) is 11.9. The molecule has 1 aromatic heterocycles. The number of H-pyrrole nitrogens is 1. The van der Waals surface area contributed by atoms with Crippen molar-refractivity contribution in [2.75, 3.05) is 0 Å². The van der Waals surface area contributed by atoms with Crippen LogP contribution < -0.4 is 0 Å². The van der Waals surface area contributed by atoms with E-state index in [0.717, 1.165) is 0 Å². The Bertz CT molecular complexity index is 489. The molecule has 1 heterocycles. The van der Waals surface area contributed by atoms with Crippen LogP contribution in [0, 0.1) is 10.1 Å². The van der Waals surface area contributed by atoms with Gasteiger partial charge in [-0.05, 0) is 4.92 Å². The molecule has 0 aliphatic carbocycles. The average molecular weight is 244 g/mol. The van der Waals surface area contributed by atoms with Gasteiger partial charge in [0.1, 0.15) is 0 Å². The summed E-state index contributed by atoms with van der Waals surface area (Å²) in [5.74, 6) is -0.821. The van der Waals surface area contributed by atoms with Gasteiger partial charge < -0.3 is 10.1 Å². The van der Waals surface area contributed by atoms with E-state index in [9.17, 15) is 31.7 Å². The van der Waals surface area contributed by atoms with Gasteiger partial charge in [0.05, 0.1) is 0 Å². The summed E-state index contributed by atoms with van der Waals surface area (Å²) in [4.78, 5) is 10.6. The molecule has 0 saturated carbocycles. The highest BCUT2D eigenvalue weighted by molar-refractivity contribution is 7.92. The third-order valence-electron chi connectivity index (χ3n) is 1.43. The molecule has 1 N–H and O–H groups in total. The van der Waals surface area contributed by atoms with Crippen LogP contribution in [0.3, 0.4) is 0 Å². The quantitative estimate of drug-likeness (QED) is 0.625. The van der Waals surface area contributed by atoms with E-state index in [1.807, 2.05) is 0 Å². The summed E-state index contributed by atoms with van der Waals surface area (Å²) in [7, 11) is -5.55. The molecule has 0 aliphatic heterocycles. The Kier molecular flexibility index (Phi) is 2.47. The summed E-state index contributed by atoms with van der Waals surface area (Å²) in [5, 5.41) is 8.84. The van der Waals surface area contributed by atoms with E-state index < -0.39 is 31.1 Å². The number of nitro groups is 1. The summed E-state index contributed by atoms with van der Waals surface area (Å²) in [6, 6.07) is 1.12. The average Bonchev–Trinajstić information content (AvgIpc) is 2.49. The van der Waals surface area contributed by atoms with Gasteiger partial charge in [0.2, 0.25) is 5.03 Å². The number of rotatable bonds is 2. The minimum Gasteiger partial charge on any atom is -0.358 e. The SMILES string of the molecule is O=[N+]([O-])c1ccc(S(=O)(=O)C(F)(F)F)[nH]1. The van der Waals surface area contributed by atoms with Crippen LogP contribution in [-0.2, 0) is 9.84 Å². The lowest BCUT2D eigenvalue weighted by Gasteiger charge is -2.02. The molecular weight excluding hydrogens is 241 g/mol. The van der Waals surface area contributed by atoms with Crippen LogP contribution in [0.15, 0.2) is 17.2 Å². The molecule has 0 amide bonds. The van der Waals surface area contributed by atoms with Gasteiger partial charge in [-0.3, -0.25) is 0 Å². The second-order valence-electron chi connectivity index (χ2n) is 2.41. The molecule has 1 aromatic rings. The van der Waals surface area contributed by atoms with Gasteiger partial charge in [0.15, 0.2) is 0 Å². The van der Waals surface area contributed by atoms with Crippen molar-refractivity contribution >= 4 is 15.7 Å². The van der Waals surface area contributed by atoms with Gasteiger partial charge >= 0.3 is 21.2 Å². The minimum absolute atomic E-state index is 0.487. The molecule has 0 atom stereocenters. The van der Waals surface area contributed by atoms with Crippen LogP contribution >= 0.6 is 0 Å². The number of sulfone groups is 1. The van der Waals surface area contributed by atoms with Gasteiger partial charge in [-0.1, -0.05) is 0 Å². The van der Waals surface area contributed by atoms with E-state index >= 15 is 0 Å². The number of hydrogen-bond donors (Lipinski definition) is 1. The minimum atomic E-state index is -5.55. The van der Waals surface area contributed by atoms with Crippen molar-refractivity contribution in [2.24, 2.45) is 0 Å². The maximum absolute atomic E-state index is 12.0. The lowest BCUT2D eigenvalue weighted by Crippen LogP contribution is -2.23. The topological polar surface area (TPSA) is 93.1 Å². The number of alkyl halides is 3. The number of nitrogens with one attached hydrogen (secondary N) is 1. The molecule has 0 bridgehead atoms. The first-order chi connectivity index (χ1) is 6.66. The first-order valence-electron chi connectivity index (χ1n) is 3.31. The molecule has 1 rings (SSSR count). The van der Waals surface area contributed by atoms with Crippen LogP contribution in [0.25, 0.3) is 0 Å². The van der Waals surface area contributed by atoms with Gasteiger partial charge in [-0.15, -0.1) is 0 Å². The summed E-state index contributed by atoms with van der Waals surface area (Å²) >= 11 is 0. The second-order valence-corrected chi connectivity index (χ2v) is 4.32. The molecule has 84 valence electrons. The molecule has 6 nitrogen and oxygen atoms in total. The molecular formula is C5H3F3N2O4S. The Morgan fingerprint density at radius 1 is 1.33 bits per heavy atom. The number of aromatic amines is 1. The Balaban J connectivity index is 3.24. The maximum atomic E-state index is 12.0. The van der Waals surface area contributed by atoms with Crippen molar-refractivity contribution in [1.29, 1.82) is 0 Å².